The lowest BCUT2D eigenvalue weighted by atomic mass is 10.1. The normalized spacial score (nSPS) is 14.2. The largest absolute Gasteiger partial charge is 0.368 e. The Bertz CT molecular complexity index is 829. The number of amides is 2. The van der Waals surface area contributed by atoms with E-state index in [1.54, 1.807) is 36.4 Å². The molecule has 2 amide bonds. The highest BCUT2D eigenvalue weighted by Crippen LogP contribution is 2.18. The molecule has 0 aromatic heterocycles. The van der Waals surface area contributed by atoms with Gasteiger partial charge in [-0.2, -0.15) is 0 Å². The Hall–Kier alpha value is -2.93. The number of benzene rings is 2. The van der Waals surface area contributed by atoms with Crippen molar-refractivity contribution in [1.82, 2.24) is 15.1 Å². The summed E-state index contributed by atoms with van der Waals surface area (Å²) < 4.78 is 13.1. The zero-order valence-electron chi connectivity index (χ0n) is 16.9. The maximum Gasteiger partial charge on any atom is 0.253 e. The summed E-state index contributed by atoms with van der Waals surface area (Å²) in [6, 6.07) is 13.2. The van der Waals surface area contributed by atoms with Crippen LogP contribution in [0.5, 0.6) is 0 Å². The average molecular weight is 398 g/mol. The third-order valence-electron chi connectivity index (χ3n) is 5.00. The summed E-state index contributed by atoms with van der Waals surface area (Å²) in [5, 5.41) is 2.86. The number of halogens is 1. The molecule has 0 bridgehead atoms. The highest BCUT2D eigenvalue weighted by molar-refractivity contribution is 5.97. The van der Waals surface area contributed by atoms with Crippen molar-refractivity contribution in [3.8, 4) is 0 Å². The van der Waals surface area contributed by atoms with E-state index in [-0.39, 0.29) is 17.6 Å². The van der Waals surface area contributed by atoms with Gasteiger partial charge in [-0.15, -0.1) is 0 Å². The smallest absolute Gasteiger partial charge is 0.253 e. The monoisotopic (exact) mass is 398 g/mol. The van der Waals surface area contributed by atoms with E-state index < -0.39 is 0 Å². The van der Waals surface area contributed by atoms with Crippen LogP contribution < -0.4 is 10.2 Å². The first-order valence-electron chi connectivity index (χ1n) is 9.77. The second-order valence-electron chi connectivity index (χ2n) is 7.39. The Morgan fingerprint density at radius 2 is 1.52 bits per heavy atom. The van der Waals surface area contributed by atoms with Crippen molar-refractivity contribution in [3.05, 3.63) is 65.5 Å². The molecule has 1 N–H and O–H groups in total. The lowest BCUT2D eigenvalue weighted by molar-refractivity contribution is 0.0746. The van der Waals surface area contributed by atoms with Gasteiger partial charge in [0.05, 0.1) is 0 Å². The molecule has 3 rings (SSSR count). The molecule has 154 valence electrons. The van der Waals surface area contributed by atoms with Crippen LogP contribution in [0, 0.1) is 5.82 Å². The quantitative estimate of drug-likeness (QED) is 0.810. The maximum atomic E-state index is 13.1. The Kier molecular flexibility index (Phi) is 6.82. The number of carbonyl (C=O) groups is 2. The SMILES string of the molecule is CN(C)CCNC(=O)c1ccc(C(=O)N2CCN(c3ccc(F)cc3)CC2)cc1. The van der Waals surface area contributed by atoms with Crippen molar-refractivity contribution in [2.45, 2.75) is 0 Å². The molecule has 1 heterocycles. The van der Waals surface area contributed by atoms with Gasteiger partial charge in [0.15, 0.2) is 0 Å². The number of likely N-dealkylation sites (N-methyl/N-ethyl adjacent to an activating group) is 1. The predicted octanol–water partition coefficient (Wildman–Crippen LogP) is 2.08. The van der Waals surface area contributed by atoms with Crippen LogP contribution in [0.15, 0.2) is 48.5 Å². The number of carbonyl (C=O) groups excluding carboxylic acids is 2. The summed E-state index contributed by atoms with van der Waals surface area (Å²) in [6.07, 6.45) is 0. The van der Waals surface area contributed by atoms with Gasteiger partial charge in [0, 0.05) is 56.1 Å². The molecule has 29 heavy (non-hydrogen) atoms. The van der Waals surface area contributed by atoms with Crippen molar-refractivity contribution >= 4 is 17.5 Å². The summed E-state index contributed by atoms with van der Waals surface area (Å²) in [7, 11) is 3.90. The zero-order valence-corrected chi connectivity index (χ0v) is 16.9. The van der Waals surface area contributed by atoms with Crippen LogP contribution in [0.4, 0.5) is 10.1 Å². The average Bonchev–Trinajstić information content (AvgIpc) is 2.74. The van der Waals surface area contributed by atoms with Crippen molar-refractivity contribution in [2.24, 2.45) is 0 Å². The molecule has 0 saturated carbocycles. The van der Waals surface area contributed by atoms with Gasteiger partial charge >= 0.3 is 0 Å². The van der Waals surface area contributed by atoms with Crippen LogP contribution in [0.1, 0.15) is 20.7 Å². The number of rotatable bonds is 6. The highest BCUT2D eigenvalue weighted by Gasteiger charge is 2.22. The lowest BCUT2D eigenvalue weighted by Crippen LogP contribution is -2.48. The highest BCUT2D eigenvalue weighted by atomic mass is 19.1. The van der Waals surface area contributed by atoms with Crippen LogP contribution in [-0.4, -0.2) is 75.0 Å². The van der Waals surface area contributed by atoms with Crippen LogP contribution in [-0.2, 0) is 0 Å². The fraction of sp³-hybridized carbons (Fsp3) is 0.364. The minimum Gasteiger partial charge on any atom is -0.368 e. The summed E-state index contributed by atoms with van der Waals surface area (Å²) in [6.45, 7) is 3.94. The van der Waals surface area contributed by atoms with E-state index in [1.807, 2.05) is 23.9 Å². The lowest BCUT2D eigenvalue weighted by Gasteiger charge is -2.36. The Morgan fingerprint density at radius 3 is 2.10 bits per heavy atom. The Labute approximate surface area is 170 Å². The molecular weight excluding hydrogens is 371 g/mol. The van der Waals surface area contributed by atoms with E-state index in [2.05, 4.69) is 10.2 Å². The Balaban J connectivity index is 1.53. The summed E-state index contributed by atoms with van der Waals surface area (Å²) in [5.41, 5.74) is 2.08. The molecule has 7 heteroatoms. The van der Waals surface area contributed by atoms with Crippen LogP contribution in [0.2, 0.25) is 0 Å². The van der Waals surface area contributed by atoms with Crippen molar-refractivity contribution < 1.29 is 14.0 Å². The maximum absolute atomic E-state index is 13.1. The molecule has 2 aromatic rings. The topological polar surface area (TPSA) is 55.9 Å². The van der Waals surface area contributed by atoms with Gasteiger partial charge in [0.1, 0.15) is 5.82 Å². The molecule has 0 aliphatic carbocycles. The standard InChI is InChI=1S/C22H27FN4O2/c1-25(2)12-11-24-21(28)17-3-5-18(6-4-17)22(29)27-15-13-26(14-16-27)20-9-7-19(23)8-10-20/h3-10H,11-16H2,1-2H3,(H,24,28). The van der Waals surface area contributed by atoms with Gasteiger partial charge in [-0.05, 0) is 62.6 Å². The van der Waals surface area contributed by atoms with Gasteiger partial charge in [0.2, 0.25) is 0 Å². The van der Waals surface area contributed by atoms with Crippen LogP contribution in [0.3, 0.4) is 0 Å². The first-order chi connectivity index (χ1) is 13.9. The second-order valence-corrected chi connectivity index (χ2v) is 7.39. The van der Waals surface area contributed by atoms with Crippen LogP contribution in [0.25, 0.3) is 0 Å². The molecule has 1 aliphatic heterocycles. The number of nitrogens with zero attached hydrogens (tertiary/aromatic N) is 3. The van der Waals surface area contributed by atoms with E-state index in [4.69, 9.17) is 0 Å². The third kappa shape index (κ3) is 5.54. The van der Waals surface area contributed by atoms with E-state index >= 15 is 0 Å². The molecule has 1 fully saturated rings. The van der Waals surface area contributed by atoms with Gasteiger partial charge < -0.3 is 20.0 Å². The molecule has 0 spiro atoms. The summed E-state index contributed by atoms with van der Waals surface area (Å²) in [5.74, 6) is -0.431. The van der Waals surface area contributed by atoms with Crippen LogP contribution >= 0.6 is 0 Å². The first-order valence-corrected chi connectivity index (χ1v) is 9.77. The van der Waals surface area contributed by atoms with E-state index in [9.17, 15) is 14.0 Å². The molecule has 1 saturated heterocycles. The van der Waals surface area contributed by atoms with Gasteiger partial charge in [-0.1, -0.05) is 0 Å². The van der Waals surface area contributed by atoms with Gasteiger partial charge in [0.25, 0.3) is 11.8 Å². The molecule has 0 radical (unpaired) electrons. The second kappa shape index (κ2) is 9.52. The molecular formula is C22H27FN4O2. The van der Waals surface area contributed by atoms with E-state index in [1.165, 1.54) is 12.1 Å². The fourth-order valence-electron chi connectivity index (χ4n) is 3.26. The summed E-state index contributed by atoms with van der Waals surface area (Å²) >= 11 is 0. The first kappa shape index (κ1) is 20.8. The number of hydrogen-bond acceptors (Lipinski definition) is 4. The Morgan fingerprint density at radius 1 is 0.931 bits per heavy atom. The van der Waals surface area contributed by atoms with E-state index in [0.717, 1.165) is 12.2 Å². The third-order valence-corrected chi connectivity index (χ3v) is 5.00. The number of anilines is 1. The van der Waals surface area contributed by atoms with Gasteiger partial charge in [-0.3, -0.25) is 9.59 Å². The van der Waals surface area contributed by atoms with Crippen molar-refractivity contribution in [3.63, 3.8) is 0 Å². The number of nitrogens with one attached hydrogen (secondary N) is 1. The fourth-order valence-corrected chi connectivity index (χ4v) is 3.26. The molecule has 6 nitrogen and oxygen atoms in total. The zero-order chi connectivity index (χ0) is 20.8. The molecule has 2 aromatic carbocycles. The minimum atomic E-state index is -0.252. The predicted molar refractivity (Wildman–Crippen MR) is 112 cm³/mol. The van der Waals surface area contributed by atoms with E-state index in [0.29, 0.717) is 43.9 Å². The van der Waals surface area contributed by atoms with Gasteiger partial charge in [-0.25, -0.2) is 4.39 Å². The van der Waals surface area contributed by atoms with Crippen molar-refractivity contribution in [2.75, 3.05) is 58.3 Å². The van der Waals surface area contributed by atoms with Crippen molar-refractivity contribution in [1.29, 1.82) is 0 Å². The molecule has 0 unspecified atom stereocenters. The minimum absolute atomic E-state index is 0.0386. The number of piperazine rings is 1. The molecule has 0 atom stereocenters. The summed E-state index contributed by atoms with van der Waals surface area (Å²) in [4.78, 5) is 30.9. The number of hydrogen-bond donors (Lipinski definition) is 1. The molecule has 1 aliphatic rings.